The van der Waals surface area contributed by atoms with Gasteiger partial charge in [0, 0.05) is 18.3 Å². The number of benzene rings is 1. The van der Waals surface area contributed by atoms with Crippen molar-refractivity contribution in [1.82, 2.24) is 10.2 Å². The van der Waals surface area contributed by atoms with Crippen molar-refractivity contribution in [3.8, 4) is 0 Å². The van der Waals surface area contributed by atoms with E-state index in [0.717, 1.165) is 25.2 Å². The average Bonchev–Trinajstić information content (AvgIpc) is 2.35. The average molecular weight is 263 g/mol. The van der Waals surface area contributed by atoms with Gasteiger partial charge in [0.25, 0.3) is 5.91 Å². The van der Waals surface area contributed by atoms with Crippen LogP contribution >= 0.6 is 0 Å². The number of nitrogens with zero attached hydrogens (tertiary/aromatic N) is 1. The summed E-state index contributed by atoms with van der Waals surface area (Å²) >= 11 is 0. The number of nitrogen functional groups attached to an aromatic ring is 1. The van der Waals surface area contributed by atoms with Gasteiger partial charge in [-0.05, 0) is 38.6 Å². The molecule has 106 valence electrons. The van der Waals surface area contributed by atoms with Crippen LogP contribution in [0, 0.1) is 6.92 Å². The summed E-state index contributed by atoms with van der Waals surface area (Å²) < 4.78 is 0. The molecule has 0 aliphatic rings. The zero-order valence-electron chi connectivity index (χ0n) is 12.4. The summed E-state index contributed by atoms with van der Waals surface area (Å²) in [5, 5.41) is 3.02. The molecule has 3 N–H and O–H groups in total. The number of nitrogens with one attached hydrogen (secondary N) is 1. The Morgan fingerprint density at radius 2 is 2.00 bits per heavy atom. The number of likely N-dealkylation sites (N-methyl/N-ethyl adjacent to an activating group) is 1. The predicted octanol–water partition coefficient (Wildman–Crippen LogP) is 2.04. The summed E-state index contributed by atoms with van der Waals surface area (Å²) in [6, 6.07) is 5.63. The predicted molar refractivity (Wildman–Crippen MR) is 80.3 cm³/mol. The molecule has 0 fully saturated rings. The van der Waals surface area contributed by atoms with Crippen LogP contribution < -0.4 is 11.1 Å². The van der Waals surface area contributed by atoms with Gasteiger partial charge in [-0.2, -0.15) is 0 Å². The molecule has 0 saturated heterocycles. The Balaban J connectivity index is 2.69. The van der Waals surface area contributed by atoms with Crippen molar-refractivity contribution in [3.63, 3.8) is 0 Å². The van der Waals surface area contributed by atoms with Gasteiger partial charge in [0.2, 0.25) is 0 Å². The van der Waals surface area contributed by atoms with Crippen molar-refractivity contribution in [2.24, 2.45) is 0 Å². The van der Waals surface area contributed by atoms with Gasteiger partial charge in [-0.15, -0.1) is 0 Å². The zero-order valence-corrected chi connectivity index (χ0v) is 12.4. The lowest BCUT2D eigenvalue weighted by Crippen LogP contribution is -2.42. The molecule has 0 saturated carbocycles. The van der Waals surface area contributed by atoms with Gasteiger partial charge < -0.3 is 16.0 Å². The van der Waals surface area contributed by atoms with Gasteiger partial charge >= 0.3 is 0 Å². The number of carbonyl (C=O) groups excluding carboxylic acids is 1. The van der Waals surface area contributed by atoms with Gasteiger partial charge in [-0.25, -0.2) is 0 Å². The van der Waals surface area contributed by atoms with Crippen LogP contribution in [0.15, 0.2) is 18.2 Å². The number of rotatable bonds is 6. The number of hydrogen-bond donors (Lipinski definition) is 2. The Labute approximate surface area is 116 Å². The van der Waals surface area contributed by atoms with E-state index in [-0.39, 0.29) is 11.9 Å². The maximum Gasteiger partial charge on any atom is 0.253 e. The van der Waals surface area contributed by atoms with Gasteiger partial charge in [0.05, 0.1) is 5.56 Å². The third-order valence-electron chi connectivity index (χ3n) is 3.34. The van der Waals surface area contributed by atoms with Crippen LogP contribution in [0.1, 0.15) is 36.7 Å². The molecule has 0 aliphatic heterocycles. The summed E-state index contributed by atoms with van der Waals surface area (Å²) in [6.07, 6.45) is 0. The maximum atomic E-state index is 12.2. The highest BCUT2D eigenvalue weighted by Gasteiger charge is 2.15. The first kappa shape index (κ1) is 15.5. The Bertz CT molecular complexity index is 407. The number of carbonyl (C=O) groups is 1. The molecule has 0 bridgehead atoms. The van der Waals surface area contributed by atoms with E-state index in [1.807, 2.05) is 26.0 Å². The van der Waals surface area contributed by atoms with Crippen molar-refractivity contribution < 1.29 is 4.79 Å². The van der Waals surface area contributed by atoms with Gasteiger partial charge in [-0.3, -0.25) is 4.79 Å². The summed E-state index contributed by atoms with van der Waals surface area (Å²) in [5.74, 6) is -0.0877. The number of amides is 1. The van der Waals surface area contributed by atoms with Crippen LogP contribution in [0.25, 0.3) is 0 Å². The molecule has 0 spiro atoms. The molecule has 1 unspecified atom stereocenters. The molecule has 1 rings (SSSR count). The highest BCUT2D eigenvalue weighted by Crippen LogP contribution is 2.16. The fraction of sp³-hybridized carbons (Fsp3) is 0.533. The van der Waals surface area contributed by atoms with E-state index < -0.39 is 0 Å². The van der Waals surface area contributed by atoms with E-state index in [0.29, 0.717) is 11.3 Å². The smallest absolute Gasteiger partial charge is 0.253 e. The standard InChI is InChI=1S/C15H25N3O/c1-5-18(6-2)10-12(4)17-15(19)14-11(3)8-7-9-13(14)16/h7-9,12H,5-6,10,16H2,1-4H3,(H,17,19). The lowest BCUT2D eigenvalue weighted by Gasteiger charge is -2.23. The topological polar surface area (TPSA) is 58.4 Å². The van der Waals surface area contributed by atoms with Crippen molar-refractivity contribution in [2.45, 2.75) is 33.7 Å². The quantitative estimate of drug-likeness (QED) is 0.772. The monoisotopic (exact) mass is 263 g/mol. The van der Waals surface area contributed by atoms with Gasteiger partial charge in [0.15, 0.2) is 0 Å². The number of aryl methyl sites for hydroxylation is 1. The Morgan fingerprint density at radius 1 is 1.37 bits per heavy atom. The largest absolute Gasteiger partial charge is 0.398 e. The lowest BCUT2D eigenvalue weighted by molar-refractivity contribution is 0.0930. The number of hydrogen-bond acceptors (Lipinski definition) is 3. The highest BCUT2D eigenvalue weighted by molar-refractivity contribution is 6.00. The summed E-state index contributed by atoms with van der Waals surface area (Å²) in [5.41, 5.74) is 7.92. The normalized spacial score (nSPS) is 12.5. The molecule has 19 heavy (non-hydrogen) atoms. The summed E-state index contributed by atoms with van der Waals surface area (Å²) in [6.45, 7) is 11.0. The van der Waals surface area contributed by atoms with E-state index in [2.05, 4.69) is 24.1 Å². The fourth-order valence-electron chi connectivity index (χ4n) is 2.21. The van der Waals surface area contributed by atoms with Crippen LogP contribution in [-0.4, -0.2) is 36.5 Å². The van der Waals surface area contributed by atoms with E-state index in [4.69, 9.17) is 5.73 Å². The fourth-order valence-corrected chi connectivity index (χ4v) is 2.21. The van der Waals surface area contributed by atoms with Crippen molar-refractivity contribution in [2.75, 3.05) is 25.4 Å². The number of anilines is 1. The molecule has 0 heterocycles. The minimum Gasteiger partial charge on any atom is -0.398 e. The van der Waals surface area contributed by atoms with E-state index in [9.17, 15) is 4.79 Å². The molecule has 0 aliphatic carbocycles. The molecule has 1 aromatic rings. The third-order valence-corrected chi connectivity index (χ3v) is 3.34. The van der Waals surface area contributed by atoms with Crippen molar-refractivity contribution >= 4 is 11.6 Å². The minimum absolute atomic E-state index is 0.0877. The lowest BCUT2D eigenvalue weighted by atomic mass is 10.1. The molecule has 4 heteroatoms. The first-order valence-electron chi connectivity index (χ1n) is 6.87. The zero-order chi connectivity index (χ0) is 14.4. The van der Waals surface area contributed by atoms with Crippen LogP contribution in [-0.2, 0) is 0 Å². The maximum absolute atomic E-state index is 12.2. The van der Waals surface area contributed by atoms with Crippen LogP contribution in [0.3, 0.4) is 0 Å². The van der Waals surface area contributed by atoms with E-state index in [1.165, 1.54) is 0 Å². The molecule has 1 amide bonds. The molecule has 4 nitrogen and oxygen atoms in total. The summed E-state index contributed by atoms with van der Waals surface area (Å²) in [7, 11) is 0. The first-order chi connectivity index (χ1) is 8.99. The second kappa shape index (κ2) is 7.14. The van der Waals surface area contributed by atoms with Gasteiger partial charge in [-0.1, -0.05) is 26.0 Å². The Kier molecular flexibility index (Phi) is 5.83. The third kappa shape index (κ3) is 4.24. The van der Waals surface area contributed by atoms with Crippen molar-refractivity contribution in [1.29, 1.82) is 0 Å². The summed E-state index contributed by atoms with van der Waals surface area (Å²) in [4.78, 5) is 14.5. The molecular formula is C15H25N3O. The van der Waals surface area contributed by atoms with Crippen LogP contribution in [0.5, 0.6) is 0 Å². The number of nitrogens with two attached hydrogens (primary N) is 1. The Hall–Kier alpha value is -1.55. The second-order valence-corrected chi connectivity index (χ2v) is 4.90. The highest BCUT2D eigenvalue weighted by atomic mass is 16.1. The second-order valence-electron chi connectivity index (χ2n) is 4.90. The molecule has 1 atom stereocenters. The van der Waals surface area contributed by atoms with Gasteiger partial charge in [0.1, 0.15) is 0 Å². The SMILES string of the molecule is CCN(CC)CC(C)NC(=O)c1c(C)cccc1N. The molecular weight excluding hydrogens is 238 g/mol. The Morgan fingerprint density at radius 3 is 2.53 bits per heavy atom. The molecule has 0 aromatic heterocycles. The van der Waals surface area contributed by atoms with E-state index in [1.54, 1.807) is 6.07 Å². The first-order valence-corrected chi connectivity index (χ1v) is 6.87. The van der Waals surface area contributed by atoms with Crippen LogP contribution in [0.4, 0.5) is 5.69 Å². The molecule has 0 radical (unpaired) electrons. The molecule has 1 aromatic carbocycles. The van der Waals surface area contributed by atoms with E-state index >= 15 is 0 Å². The van der Waals surface area contributed by atoms with Crippen LogP contribution in [0.2, 0.25) is 0 Å². The van der Waals surface area contributed by atoms with Crippen molar-refractivity contribution in [3.05, 3.63) is 29.3 Å². The minimum atomic E-state index is -0.0877.